The molecular formula is C25H25ClN2O4. The first-order chi connectivity index (χ1) is 15.5. The fraction of sp³-hybridized carbons (Fsp3) is 0.200. The Kier molecular flexibility index (Phi) is 8.25. The van der Waals surface area contributed by atoms with E-state index in [9.17, 15) is 9.59 Å². The van der Waals surface area contributed by atoms with Crippen molar-refractivity contribution in [2.75, 3.05) is 25.6 Å². The molecule has 0 aromatic heterocycles. The topological polar surface area (TPSA) is 76.7 Å². The van der Waals surface area contributed by atoms with Crippen molar-refractivity contribution >= 4 is 29.1 Å². The van der Waals surface area contributed by atoms with Crippen molar-refractivity contribution in [2.24, 2.45) is 0 Å². The van der Waals surface area contributed by atoms with Crippen LogP contribution < -0.4 is 15.4 Å². The number of carbonyl (C=O) groups excluding carboxylic acids is 2. The lowest BCUT2D eigenvalue weighted by Crippen LogP contribution is -2.30. The van der Waals surface area contributed by atoms with E-state index in [0.29, 0.717) is 30.2 Å². The van der Waals surface area contributed by atoms with Gasteiger partial charge in [-0.05, 0) is 48.4 Å². The number of hydrogen-bond acceptors (Lipinski definition) is 4. The number of nitrogens with one attached hydrogen (secondary N) is 2. The molecule has 0 fully saturated rings. The Morgan fingerprint density at radius 2 is 1.66 bits per heavy atom. The molecule has 1 unspecified atom stereocenters. The molecule has 32 heavy (non-hydrogen) atoms. The standard InChI is InChI=1S/C25H25ClN2O4/c1-17(32-21-11-8-19(9-12-21)18-6-4-3-5-7-18)24(29)28-20-10-13-22(23(26)16-20)25(30)27-14-15-31-2/h3-13,16-17H,14-15H2,1-2H3,(H,27,30)(H,28,29). The molecular weight excluding hydrogens is 428 g/mol. The van der Waals surface area contributed by atoms with Crippen LogP contribution in [0.15, 0.2) is 72.8 Å². The molecule has 3 aromatic rings. The van der Waals surface area contributed by atoms with Gasteiger partial charge in [0.05, 0.1) is 17.2 Å². The Morgan fingerprint density at radius 3 is 2.31 bits per heavy atom. The zero-order chi connectivity index (χ0) is 22.9. The normalized spacial score (nSPS) is 11.5. The number of halogens is 1. The van der Waals surface area contributed by atoms with Crippen LogP contribution >= 0.6 is 11.6 Å². The Hall–Kier alpha value is -3.35. The smallest absolute Gasteiger partial charge is 0.265 e. The molecule has 0 aliphatic carbocycles. The highest BCUT2D eigenvalue weighted by molar-refractivity contribution is 6.34. The number of hydrogen-bond donors (Lipinski definition) is 2. The third-order valence-electron chi connectivity index (χ3n) is 4.72. The lowest BCUT2D eigenvalue weighted by Gasteiger charge is -2.16. The van der Waals surface area contributed by atoms with E-state index in [4.69, 9.17) is 21.1 Å². The predicted octanol–water partition coefficient (Wildman–Crippen LogP) is 4.79. The minimum Gasteiger partial charge on any atom is -0.481 e. The lowest BCUT2D eigenvalue weighted by atomic mass is 10.1. The van der Waals surface area contributed by atoms with Gasteiger partial charge in [0.15, 0.2) is 6.10 Å². The van der Waals surface area contributed by atoms with Crippen molar-refractivity contribution < 1.29 is 19.1 Å². The zero-order valence-corrected chi connectivity index (χ0v) is 18.7. The first kappa shape index (κ1) is 23.3. The van der Waals surface area contributed by atoms with Crippen molar-refractivity contribution in [3.05, 3.63) is 83.4 Å². The van der Waals surface area contributed by atoms with Crippen molar-refractivity contribution in [3.63, 3.8) is 0 Å². The van der Waals surface area contributed by atoms with Gasteiger partial charge in [0.1, 0.15) is 5.75 Å². The summed E-state index contributed by atoms with van der Waals surface area (Å²) in [6.45, 7) is 2.45. The maximum absolute atomic E-state index is 12.5. The van der Waals surface area contributed by atoms with Gasteiger partial charge >= 0.3 is 0 Å². The van der Waals surface area contributed by atoms with Gasteiger partial charge in [0.25, 0.3) is 11.8 Å². The minimum absolute atomic E-state index is 0.239. The van der Waals surface area contributed by atoms with Crippen LogP contribution in [0, 0.1) is 0 Å². The lowest BCUT2D eigenvalue weighted by molar-refractivity contribution is -0.122. The molecule has 7 heteroatoms. The highest BCUT2D eigenvalue weighted by atomic mass is 35.5. The Balaban J connectivity index is 1.57. The fourth-order valence-electron chi connectivity index (χ4n) is 3.00. The monoisotopic (exact) mass is 452 g/mol. The summed E-state index contributed by atoms with van der Waals surface area (Å²) in [5.41, 5.74) is 2.97. The molecule has 0 spiro atoms. The van der Waals surface area contributed by atoms with E-state index in [0.717, 1.165) is 11.1 Å². The summed E-state index contributed by atoms with van der Waals surface area (Å²) >= 11 is 6.22. The van der Waals surface area contributed by atoms with Gasteiger partial charge in [0.2, 0.25) is 0 Å². The second-order valence-corrected chi connectivity index (χ2v) is 7.49. The number of methoxy groups -OCH3 is 1. The third-order valence-corrected chi connectivity index (χ3v) is 5.03. The predicted molar refractivity (Wildman–Crippen MR) is 126 cm³/mol. The Labute approximate surface area is 192 Å². The van der Waals surface area contributed by atoms with E-state index >= 15 is 0 Å². The van der Waals surface area contributed by atoms with Crippen molar-refractivity contribution in [3.8, 4) is 16.9 Å². The molecule has 0 heterocycles. The van der Waals surface area contributed by atoms with Gasteiger partial charge < -0.3 is 20.1 Å². The van der Waals surface area contributed by atoms with E-state index < -0.39 is 6.10 Å². The molecule has 2 N–H and O–H groups in total. The maximum Gasteiger partial charge on any atom is 0.265 e. The number of amides is 2. The first-order valence-electron chi connectivity index (χ1n) is 10.2. The molecule has 166 valence electrons. The summed E-state index contributed by atoms with van der Waals surface area (Å²) in [6, 6.07) is 22.3. The minimum atomic E-state index is -0.728. The third kappa shape index (κ3) is 6.33. The van der Waals surface area contributed by atoms with Gasteiger partial charge in [-0.3, -0.25) is 9.59 Å². The Morgan fingerprint density at radius 1 is 0.969 bits per heavy atom. The average molecular weight is 453 g/mol. The summed E-state index contributed by atoms with van der Waals surface area (Å²) in [5, 5.41) is 5.70. The zero-order valence-electron chi connectivity index (χ0n) is 17.9. The highest BCUT2D eigenvalue weighted by Crippen LogP contribution is 2.24. The van der Waals surface area contributed by atoms with Crippen LogP contribution in [-0.2, 0) is 9.53 Å². The quantitative estimate of drug-likeness (QED) is 0.458. The van der Waals surface area contributed by atoms with Gasteiger partial charge in [-0.15, -0.1) is 0 Å². The van der Waals surface area contributed by atoms with Gasteiger partial charge in [-0.2, -0.15) is 0 Å². The van der Waals surface area contributed by atoms with Crippen molar-refractivity contribution in [1.82, 2.24) is 5.32 Å². The molecule has 1 atom stereocenters. The number of carbonyl (C=O) groups is 2. The SMILES string of the molecule is COCCNC(=O)c1ccc(NC(=O)C(C)Oc2ccc(-c3ccccc3)cc2)cc1Cl. The summed E-state index contributed by atoms with van der Waals surface area (Å²) < 4.78 is 10.7. The summed E-state index contributed by atoms with van der Waals surface area (Å²) in [5.74, 6) is -0.0421. The molecule has 0 saturated heterocycles. The van der Waals surface area contributed by atoms with Crippen LogP contribution in [0.2, 0.25) is 5.02 Å². The Bertz CT molecular complexity index is 1060. The molecule has 0 radical (unpaired) electrons. The molecule has 3 aromatic carbocycles. The van der Waals surface area contributed by atoms with Gasteiger partial charge in [0, 0.05) is 19.3 Å². The molecule has 2 amide bonds. The largest absolute Gasteiger partial charge is 0.481 e. The van der Waals surface area contributed by atoms with E-state index in [-0.39, 0.29) is 16.8 Å². The average Bonchev–Trinajstić information content (AvgIpc) is 2.80. The van der Waals surface area contributed by atoms with Crippen molar-refractivity contribution in [1.29, 1.82) is 0 Å². The highest BCUT2D eigenvalue weighted by Gasteiger charge is 2.17. The van der Waals surface area contributed by atoms with Crippen LogP contribution in [0.4, 0.5) is 5.69 Å². The second-order valence-electron chi connectivity index (χ2n) is 7.08. The summed E-state index contributed by atoms with van der Waals surface area (Å²) in [4.78, 5) is 24.7. The van der Waals surface area contributed by atoms with Crippen LogP contribution in [0.3, 0.4) is 0 Å². The molecule has 3 rings (SSSR count). The van der Waals surface area contributed by atoms with E-state index in [1.54, 1.807) is 26.2 Å². The number of rotatable bonds is 9. The molecule has 0 aliphatic heterocycles. The van der Waals surface area contributed by atoms with Crippen LogP contribution in [-0.4, -0.2) is 38.2 Å². The number of benzene rings is 3. The molecule has 6 nitrogen and oxygen atoms in total. The number of anilines is 1. The van der Waals surface area contributed by atoms with Crippen molar-refractivity contribution in [2.45, 2.75) is 13.0 Å². The maximum atomic E-state index is 12.5. The van der Waals surface area contributed by atoms with Crippen LogP contribution in [0.5, 0.6) is 5.75 Å². The van der Waals surface area contributed by atoms with Crippen LogP contribution in [0.25, 0.3) is 11.1 Å². The molecule has 0 saturated carbocycles. The summed E-state index contributed by atoms with van der Waals surface area (Å²) in [7, 11) is 1.56. The van der Waals surface area contributed by atoms with Gasteiger partial charge in [-0.1, -0.05) is 54.1 Å². The van der Waals surface area contributed by atoms with E-state index in [1.807, 2.05) is 54.6 Å². The number of ether oxygens (including phenoxy) is 2. The molecule has 0 aliphatic rings. The molecule has 0 bridgehead atoms. The van der Waals surface area contributed by atoms with E-state index in [2.05, 4.69) is 10.6 Å². The van der Waals surface area contributed by atoms with E-state index in [1.165, 1.54) is 6.07 Å². The first-order valence-corrected chi connectivity index (χ1v) is 10.6. The fourth-order valence-corrected chi connectivity index (χ4v) is 3.26. The van der Waals surface area contributed by atoms with Gasteiger partial charge in [-0.25, -0.2) is 0 Å². The second kappa shape index (κ2) is 11.3. The van der Waals surface area contributed by atoms with Crippen LogP contribution in [0.1, 0.15) is 17.3 Å². The summed E-state index contributed by atoms with van der Waals surface area (Å²) in [6.07, 6.45) is -0.728.